The van der Waals surface area contributed by atoms with E-state index in [0.29, 0.717) is 5.76 Å². The summed E-state index contributed by atoms with van der Waals surface area (Å²) >= 11 is 0. The van der Waals surface area contributed by atoms with Gasteiger partial charge < -0.3 is 9.73 Å². The third-order valence-electron chi connectivity index (χ3n) is 4.48. The number of alkyl halides is 3. The molecule has 6 nitrogen and oxygen atoms in total. The first-order valence-corrected chi connectivity index (χ1v) is 8.82. The quantitative estimate of drug-likeness (QED) is 0.550. The Morgan fingerprint density at radius 2 is 1.93 bits per heavy atom. The van der Waals surface area contributed by atoms with Crippen molar-refractivity contribution in [1.29, 1.82) is 0 Å². The number of furan rings is 1. The minimum atomic E-state index is -4.53. The Morgan fingerprint density at radius 1 is 1.10 bits per heavy atom. The van der Waals surface area contributed by atoms with Gasteiger partial charge in [-0.2, -0.15) is 13.2 Å². The van der Waals surface area contributed by atoms with Crippen LogP contribution in [0.3, 0.4) is 0 Å². The van der Waals surface area contributed by atoms with Gasteiger partial charge in [0.05, 0.1) is 35.0 Å². The number of aromatic nitrogens is 2. The van der Waals surface area contributed by atoms with E-state index in [2.05, 4.69) is 10.3 Å². The Kier molecular flexibility index (Phi) is 4.86. The Hall–Kier alpha value is -3.88. The van der Waals surface area contributed by atoms with Gasteiger partial charge in [0.2, 0.25) is 0 Å². The molecule has 0 bridgehead atoms. The van der Waals surface area contributed by atoms with Crippen molar-refractivity contribution < 1.29 is 22.4 Å². The lowest BCUT2D eigenvalue weighted by atomic mass is 10.1. The summed E-state index contributed by atoms with van der Waals surface area (Å²) in [5, 5.41) is 2.87. The maximum atomic E-state index is 13.0. The van der Waals surface area contributed by atoms with Crippen molar-refractivity contribution in [3.63, 3.8) is 0 Å². The van der Waals surface area contributed by atoms with Crippen molar-refractivity contribution in [1.82, 2.24) is 14.9 Å². The lowest BCUT2D eigenvalue weighted by Crippen LogP contribution is -2.23. The molecule has 0 aliphatic carbocycles. The molecule has 1 amide bonds. The van der Waals surface area contributed by atoms with Crippen molar-refractivity contribution in [3.05, 3.63) is 94.4 Å². The molecule has 1 N–H and O–H groups in total. The third-order valence-corrected chi connectivity index (χ3v) is 4.48. The molecule has 0 aliphatic heterocycles. The molecule has 4 aromatic rings. The number of rotatable bonds is 4. The molecule has 152 valence electrons. The van der Waals surface area contributed by atoms with Gasteiger partial charge in [-0.05, 0) is 48.5 Å². The summed E-state index contributed by atoms with van der Waals surface area (Å²) in [6, 6.07) is 12.2. The zero-order valence-electron chi connectivity index (χ0n) is 15.3. The second kappa shape index (κ2) is 7.51. The first kappa shape index (κ1) is 19.4. The number of carbonyl (C=O) groups excluding carboxylic acids is 1. The van der Waals surface area contributed by atoms with E-state index in [1.807, 2.05) is 0 Å². The normalized spacial score (nSPS) is 11.6. The van der Waals surface area contributed by atoms with Crippen LogP contribution >= 0.6 is 0 Å². The van der Waals surface area contributed by atoms with Crippen LogP contribution in [0.1, 0.15) is 21.7 Å². The topological polar surface area (TPSA) is 77.1 Å². The number of benzene rings is 2. The highest BCUT2D eigenvalue weighted by molar-refractivity contribution is 5.97. The molecular weight excluding hydrogens is 399 g/mol. The Balaban J connectivity index is 1.65. The van der Waals surface area contributed by atoms with Crippen molar-refractivity contribution >= 4 is 16.8 Å². The fourth-order valence-electron chi connectivity index (χ4n) is 2.96. The number of hydrogen-bond acceptors (Lipinski definition) is 4. The van der Waals surface area contributed by atoms with E-state index in [0.717, 1.165) is 23.0 Å². The highest BCUT2D eigenvalue weighted by Gasteiger charge is 2.30. The third kappa shape index (κ3) is 3.82. The van der Waals surface area contributed by atoms with E-state index in [1.54, 1.807) is 12.1 Å². The number of amides is 1. The summed E-state index contributed by atoms with van der Waals surface area (Å²) < 4.78 is 45.1. The lowest BCUT2D eigenvalue weighted by Gasteiger charge is -2.11. The van der Waals surface area contributed by atoms with Crippen molar-refractivity contribution in [2.45, 2.75) is 12.7 Å². The summed E-state index contributed by atoms with van der Waals surface area (Å²) in [6.07, 6.45) is -1.89. The van der Waals surface area contributed by atoms with E-state index < -0.39 is 17.3 Å². The van der Waals surface area contributed by atoms with Gasteiger partial charge in [0.25, 0.3) is 11.5 Å². The van der Waals surface area contributed by atoms with E-state index in [9.17, 15) is 22.8 Å². The minimum absolute atomic E-state index is 0.0458. The highest BCUT2D eigenvalue weighted by Crippen LogP contribution is 2.30. The SMILES string of the molecule is O=C(NCc1ccco1)c1ccc2c(=O)n(-c3cccc(C(F)(F)F)c3)cnc2c1. The molecule has 0 fully saturated rings. The first-order valence-electron chi connectivity index (χ1n) is 8.82. The van der Waals surface area contributed by atoms with Crippen LogP contribution in [-0.4, -0.2) is 15.5 Å². The molecule has 0 atom stereocenters. The zero-order chi connectivity index (χ0) is 21.3. The van der Waals surface area contributed by atoms with Gasteiger partial charge >= 0.3 is 6.18 Å². The second-order valence-electron chi connectivity index (χ2n) is 6.46. The molecule has 0 saturated carbocycles. The minimum Gasteiger partial charge on any atom is -0.467 e. The molecule has 0 radical (unpaired) electrons. The van der Waals surface area contributed by atoms with E-state index in [4.69, 9.17) is 4.42 Å². The molecule has 2 aromatic carbocycles. The Bertz CT molecular complexity index is 1280. The molecule has 9 heteroatoms. The summed E-state index contributed by atoms with van der Waals surface area (Å²) in [4.78, 5) is 29.2. The molecule has 0 spiro atoms. The molecule has 30 heavy (non-hydrogen) atoms. The molecule has 0 unspecified atom stereocenters. The number of fused-ring (bicyclic) bond motifs is 1. The van der Waals surface area contributed by atoms with Gasteiger partial charge in [0.15, 0.2) is 0 Å². The van der Waals surface area contributed by atoms with Crippen LogP contribution in [0.2, 0.25) is 0 Å². The number of carbonyl (C=O) groups is 1. The largest absolute Gasteiger partial charge is 0.467 e. The number of hydrogen-bond donors (Lipinski definition) is 1. The Morgan fingerprint density at radius 3 is 2.67 bits per heavy atom. The van der Waals surface area contributed by atoms with Crippen molar-refractivity contribution in [3.8, 4) is 5.69 Å². The molecule has 2 heterocycles. The summed E-state index contributed by atoms with van der Waals surface area (Å²) in [5.74, 6) is 0.211. The van der Waals surface area contributed by atoms with Crippen molar-refractivity contribution in [2.24, 2.45) is 0 Å². The van der Waals surface area contributed by atoms with Gasteiger partial charge in [0.1, 0.15) is 12.1 Å². The average Bonchev–Trinajstić information content (AvgIpc) is 3.25. The second-order valence-corrected chi connectivity index (χ2v) is 6.46. The maximum absolute atomic E-state index is 13.0. The summed E-state index contributed by atoms with van der Waals surface area (Å²) in [6.45, 7) is 0.203. The van der Waals surface area contributed by atoms with Crippen LogP contribution in [-0.2, 0) is 12.7 Å². The van der Waals surface area contributed by atoms with Crippen molar-refractivity contribution in [2.75, 3.05) is 0 Å². The summed E-state index contributed by atoms with van der Waals surface area (Å²) in [5.41, 5.74) is -0.811. The smallest absolute Gasteiger partial charge is 0.416 e. The van der Waals surface area contributed by atoms with Gasteiger partial charge in [-0.25, -0.2) is 4.98 Å². The predicted molar refractivity (Wildman–Crippen MR) is 102 cm³/mol. The molecule has 0 saturated heterocycles. The number of nitrogens with zero attached hydrogens (tertiary/aromatic N) is 2. The number of nitrogens with one attached hydrogen (secondary N) is 1. The van der Waals surface area contributed by atoms with Crippen LogP contribution in [0.4, 0.5) is 13.2 Å². The predicted octanol–water partition coefficient (Wildman–Crippen LogP) is 3.93. The number of halogens is 3. The van der Waals surface area contributed by atoms with Gasteiger partial charge in [0, 0.05) is 5.56 Å². The van der Waals surface area contributed by atoms with Crippen LogP contribution in [0.25, 0.3) is 16.6 Å². The van der Waals surface area contributed by atoms with Gasteiger partial charge in [-0.3, -0.25) is 14.2 Å². The fraction of sp³-hybridized carbons (Fsp3) is 0.0952. The van der Waals surface area contributed by atoms with Gasteiger partial charge in [-0.15, -0.1) is 0 Å². The standard InChI is InChI=1S/C21H14F3N3O3/c22-21(23,24)14-3-1-4-15(10-14)27-12-26-18-9-13(6-7-17(18)20(27)29)19(28)25-11-16-5-2-8-30-16/h1-10,12H,11H2,(H,25,28). The van der Waals surface area contributed by atoms with E-state index in [1.165, 1.54) is 36.6 Å². The van der Waals surface area contributed by atoms with E-state index in [-0.39, 0.29) is 34.6 Å². The van der Waals surface area contributed by atoms with Crippen LogP contribution in [0, 0.1) is 0 Å². The van der Waals surface area contributed by atoms with Crippen LogP contribution in [0.5, 0.6) is 0 Å². The fourth-order valence-corrected chi connectivity index (χ4v) is 2.96. The van der Waals surface area contributed by atoms with Crippen LogP contribution < -0.4 is 10.9 Å². The molecular formula is C21H14F3N3O3. The average molecular weight is 413 g/mol. The molecule has 2 aromatic heterocycles. The molecule has 0 aliphatic rings. The zero-order valence-corrected chi connectivity index (χ0v) is 15.3. The Labute approximate surface area is 167 Å². The van der Waals surface area contributed by atoms with Crippen LogP contribution in [0.15, 0.2) is 76.4 Å². The van der Waals surface area contributed by atoms with E-state index >= 15 is 0 Å². The lowest BCUT2D eigenvalue weighted by molar-refractivity contribution is -0.137. The highest BCUT2D eigenvalue weighted by atomic mass is 19.4. The molecule has 4 rings (SSSR count). The first-order chi connectivity index (χ1) is 14.3. The maximum Gasteiger partial charge on any atom is 0.416 e. The monoisotopic (exact) mass is 413 g/mol. The van der Waals surface area contributed by atoms with Gasteiger partial charge in [-0.1, -0.05) is 6.07 Å². The summed E-state index contributed by atoms with van der Waals surface area (Å²) in [7, 11) is 0.